The first-order valence-electron chi connectivity index (χ1n) is 8.21. The summed E-state index contributed by atoms with van der Waals surface area (Å²) in [6.45, 7) is 3.62. The highest BCUT2D eigenvalue weighted by molar-refractivity contribution is 5.93. The third-order valence-corrected chi connectivity index (χ3v) is 4.23. The Balaban J connectivity index is 1.64. The van der Waals surface area contributed by atoms with Crippen molar-refractivity contribution in [3.05, 3.63) is 42.1 Å². The lowest BCUT2D eigenvalue weighted by atomic mass is 10.1. The summed E-state index contributed by atoms with van der Waals surface area (Å²) in [7, 11) is 0. The van der Waals surface area contributed by atoms with Gasteiger partial charge in [-0.25, -0.2) is 4.98 Å². The van der Waals surface area contributed by atoms with Gasteiger partial charge in [-0.1, -0.05) is 17.7 Å². The molecular formula is C18H20N4O2. The van der Waals surface area contributed by atoms with Crippen molar-refractivity contribution in [1.29, 1.82) is 0 Å². The van der Waals surface area contributed by atoms with Crippen molar-refractivity contribution >= 4 is 16.9 Å². The van der Waals surface area contributed by atoms with Gasteiger partial charge in [0.05, 0.1) is 0 Å². The van der Waals surface area contributed by atoms with Gasteiger partial charge < -0.3 is 14.8 Å². The minimum atomic E-state index is 0.359. The van der Waals surface area contributed by atoms with Crippen LogP contribution in [0.15, 0.2) is 36.5 Å². The summed E-state index contributed by atoms with van der Waals surface area (Å²) in [5.74, 6) is 2.32. The Kier molecular flexibility index (Phi) is 4.04. The number of aromatic amines is 1. The van der Waals surface area contributed by atoms with Crippen LogP contribution in [0.1, 0.15) is 18.4 Å². The van der Waals surface area contributed by atoms with E-state index in [2.05, 4.69) is 27.4 Å². The molecule has 0 aliphatic carbocycles. The summed E-state index contributed by atoms with van der Waals surface area (Å²) in [6, 6.07) is 10.2. The van der Waals surface area contributed by atoms with Gasteiger partial charge in [-0.15, -0.1) is 0 Å². The molecule has 1 aliphatic rings. The molecular weight excluding hydrogens is 304 g/mol. The summed E-state index contributed by atoms with van der Waals surface area (Å²) in [6.07, 6.45) is 3.67. The molecule has 0 saturated carbocycles. The smallest absolute Gasteiger partial charge is 0.161 e. The van der Waals surface area contributed by atoms with Crippen molar-refractivity contribution < 1.29 is 9.47 Å². The van der Waals surface area contributed by atoms with Crippen molar-refractivity contribution in [3.8, 4) is 11.5 Å². The molecule has 1 aromatic carbocycles. The monoisotopic (exact) mass is 324 g/mol. The first kappa shape index (κ1) is 15.0. The van der Waals surface area contributed by atoms with Crippen LogP contribution in [0.3, 0.4) is 0 Å². The number of benzene rings is 1. The minimum Gasteiger partial charge on any atom is -0.456 e. The fourth-order valence-corrected chi connectivity index (χ4v) is 2.88. The Morgan fingerprint density at radius 1 is 1.17 bits per heavy atom. The lowest BCUT2D eigenvalue weighted by Crippen LogP contribution is -2.28. The number of aryl methyl sites for hydroxylation is 1. The highest BCUT2D eigenvalue weighted by Crippen LogP contribution is 2.33. The largest absolute Gasteiger partial charge is 0.456 e. The number of nitrogens with one attached hydrogen (secondary N) is 2. The number of pyridine rings is 1. The number of hydrogen-bond donors (Lipinski definition) is 2. The normalized spacial score (nSPS) is 15.5. The summed E-state index contributed by atoms with van der Waals surface area (Å²) in [5.41, 5.74) is 1.92. The van der Waals surface area contributed by atoms with Gasteiger partial charge in [-0.3, -0.25) is 5.10 Å². The number of fused-ring (bicyclic) bond motifs is 1. The maximum Gasteiger partial charge on any atom is 0.161 e. The highest BCUT2D eigenvalue weighted by Gasteiger charge is 2.18. The van der Waals surface area contributed by atoms with Gasteiger partial charge in [0.15, 0.2) is 11.5 Å². The molecule has 1 saturated heterocycles. The zero-order chi connectivity index (χ0) is 16.4. The Bertz CT molecular complexity index is 823. The molecule has 0 bridgehead atoms. The van der Waals surface area contributed by atoms with Gasteiger partial charge in [0.25, 0.3) is 0 Å². The van der Waals surface area contributed by atoms with E-state index in [0.29, 0.717) is 11.7 Å². The molecule has 2 aromatic heterocycles. The number of H-pyrrole nitrogens is 1. The molecule has 0 spiro atoms. The van der Waals surface area contributed by atoms with Crippen LogP contribution in [0, 0.1) is 6.92 Å². The van der Waals surface area contributed by atoms with E-state index in [1.807, 2.05) is 30.3 Å². The molecule has 3 heterocycles. The molecule has 124 valence electrons. The van der Waals surface area contributed by atoms with Gasteiger partial charge in [0.2, 0.25) is 0 Å². The number of hydrogen-bond acceptors (Lipinski definition) is 5. The number of nitrogens with zero attached hydrogens (tertiary/aromatic N) is 2. The molecule has 2 N–H and O–H groups in total. The quantitative estimate of drug-likeness (QED) is 0.766. The fraction of sp³-hybridized carbons (Fsp3) is 0.333. The molecule has 6 heteroatoms. The van der Waals surface area contributed by atoms with Gasteiger partial charge in [0, 0.05) is 31.5 Å². The summed E-state index contributed by atoms with van der Waals surface area (Å²) in [5, 5.41) is 11.7. The van der Waals surface area contributed by atoms with E-state index in [0.717, 1.165) is 48.8 Å². The van der Waals surface area contributed by atoms with E-state index < -0.39 is 0 Å². The van der Waals surface area contributed by atoms with Crippen LogP contribution < -0.4 is 10.1 Å². The molecule has 0 unspecified atom stereocenters. The second-order valence-corrected chi connectivity index (χ2v) is 6.05. The second-order valence-electron chi connectivity index (χ2n) is 6.05. The minimum absolute atomic E-state index is 0.359. The molecule has 1 aliphatic heterocycles. The number of rotatable bonds is 4. The predicted octanol–water partition coefficient (Wildman–Crippen LogP) is 3.65. The van der Waals surface area contributed by atoms with Crippen LogP contribution in [0.2, 0.25) is 0 Å². The average Bonchev–Trinajstić information content (AvgIpc) is 3.02. The zero-order valence-corrected chi connectivity index (χ0v) is 13.6. The lowest BCUT2D eigenvalue weighted by molar-refractivity contribution is 0.0904. The van der Waals surface area contributed by atoms with E-state index >= 15 is 0 Å². The topological polar surface area (TPSA) is 72.1 Å². The first-order valence-corrected chi connectivity index (χ1v) is 8.21. The molecule has 6 nitrogen and oxygen atoms in total. The Morgan fingerprint density at radius 2 is 1.96 bits per heavy atom. The molecule has 3 aromatic rings. The maximum atomic E-state index is 6.07. The fourth-order valence-electron chi connectivity index (χ4n) is 2.88. The highest BCUT2D eigenvalue weighted by atomic mass is 16.5. The van der Waals surface area contributed by atoms with Crippen molar-refractivity contribution in [3.63, 3.8) is 0 Å². The van der Waals surface area contributed by atoms with E-state index in [1.54, 1.807) is 6.20 Å². The van der Waals surface area contributed by atoms with Crippen LogP contribution in [0.25, 0.3) is 11.0 Å². The van der Waals surface area contributed by atoms with E-state index in [1.165, 1.54) is 5.56 Å². The van der Waals surface area contributed by atoms with Crippen LogP contribution in [0.5, 0.6) is 11.5 Å². The number of ether oxygens (including phenoxy) is 2. The Morgan fingerprint density at radius 3 is 2.75 bits per heavy atom. The van der Waals surface area contributed by atoms with Gasteiger partial charge in [0.1, 0.15) is 16.9 Å². The van der Waals surface area contributed by atoms with E-state index in [4.69, 9.17) is 9.47 Å². The molecule has 24 heavy (non-hydrogen) atoms. The molecule has 0 atom stereocenters. The van der Waals surface area contributed by atoms with Crippen LogP contribution >= 0.6 is 0 Å². The van der Waals surface area contributed by atoms with Crippen molar-refractivity contribution in [2.75, 3.05) is 18.5 Å². The predicted molar refractivity (Wildman–Crippen MR) is 92.6 cm³/mol. The molecule has 0 radical (unpaired) electrons. The van der Waals surface area contributed by atoms with Crippen LogP contribution in [-0.2, 0) is 4.74 Å². The lowest BCUT2D eigenvalue weighted by Gasteiger charge is -2.23. The molecule has 4 rings (SSSR count). The van der Waals surface area contributed by atoms with Crippen molar-refractivity contribution in [1.82, 2.24) is 15.2 Å². The van der Waals surface area contributed by atoms with Gasteiger partial charge in [-0.05, 0) is 31.9 Å². The molecule has 1 fully saturated rings. The second kappa shape index (κ2) is 6.49. The van der Waals surface area contributed by atoms with Crippen LogP contribution in [0.4, 0.5) is 5.82 Å². The maximum absolute atomic E-state index is 6.07. The SMILES string of the molecule is Cc1ccc(Oc2ccnc3[nH]nc(NC4CCOCC4)c23)cc1. The third kappa shape index (κ3) is 3.05. The van der Waals surface area contributed by atoms with Gasteiger partial charge >= 0.3 is 0 Å². The number of aromatic nitrogens is 3. The Hall–Kier alpha value is -2.60. The summed E-state index contributed by atoms with van der Waals surface area (Å²) in [4.78, 5) is 4.35. The summed E-state index contributed by atoms with van der Waals surface area (Å²) >= 11 is 0. The Labute approximate surface area is 140 Å². The van der Waals surface area contributed by atoms with E-state index in [9.17, 15) is 0 Å². The van der Waals surface area contributed by atoms with Crippen molar-refractivity contribution in [2.24, 2.45) is 0 Å². The van der Waals surface area contributed by atoms with Gasteiger partial charge in [-0.2, -0.15) is 5.10 Å². The average molecular weight is 324 g/mol. The molecule has 0 amide bonds. The first-order chi connectivity index (χ1) is 11.8. The van der Waals surface area contributed by atoms with Crippen LogP contribution in [-0.4, -0.2) is 34.4 Å². The standard InChI is InChI=1S/C18H20N4O2/c1-12-2-4-14(5-3-12)24-15-6-9-19-17-16(15)18(22-21-17)20-13-7-10-23-11-8-13/h2-6,9,13H,7-8,10-11H2,1H3,(H2,19,20,21,22). The number of anilines is 1. The van der Waals surface area contributed by atoms with Crippen molar-refractivity contribution in [2.45, 2.75) is 25.8 Å². The third-order valence-electron chi connectivity index (χ3n) is 4.23. The zero-order valence-electron chi connectivity index (χ0n) is 13.6. The van der Waals surface area contributed by atoms with E-state index in [-0.39, 0.29) is 0 Å². The summed E-state index contributed by atoms with van der Waals surface area (Å²) < 4.78 is 11.5.